The topological polar surface area (TPSA) is 38.1 Å². The molecule has 0 unspecified atom stereocenters. The summed E-state index contributed by atoms with van der Waals surface area (Å²) in [5.41, 5.74) is 2.04. The quantitative estimate of drug-likeness (QED) is 0.904. The molecule has 88 valence electrons. The first-order valence-electron chi connectivity index (χ1n) is 5.76. The molecule has 0 bridgehead atoms. The molecule has 1 saturated heterocycles. The summed E-state index contributed by atoms with van der Waals surface area (Å²) < 4.78 is 6.16. The van der Waals surface area contributed by atoms with E-state index < -0.39 is 0 Å². The predicted octanol–water partition coefficient (Wildman–Crippen LogP) is 3.48. The number of fused-ring (bicyclic) bond motifs is 1. The smallest absolute Gasteiger partial charge is 0.168 e. The van der Waals surface area contributed by atoms with Crippen molar-refractivity contribution < 1.29 is 4.52 Å². The van der Waals surface area contributed by atoms with Gasteiger partial charge in [-0.15, -0.1) is 11.3 Å². The highest BCUT2D eigenvalue weighted by Crippen LogP contribution is 2.46. The maximum absolute atomic E-state index is 5.91. The average Bonchev–Trinajstić information content (AvgIpc) is 2.83. The minimum atomic E-state index is 0.380. The minimum absolute atomic E-state index is 0.380. The summed E-state index contributed by atoms with van der Waals surface area (Å²) >= 11 is 7.42. The highest BCUT2D eigenvalue weighted by Gasteiger charge is 2.46. The van der Waals surface area contributed by atoms with Gasteiger partial charge in [0.25, 0.3) is 0 Å². The van der Waals surface area contributed by atoms with E-state index in [-0.39, 0.29) is 0 Å². The van der Waals surface area contributed by atoms with Gasteiger partial charge in [0.2, 0.25) is 0 Å². The number of nitrogens with one attached hydrogen (secondary N) is 1. The number of piperidine rings is 1. The van der Waals surface area contributed by atoms with Gasteiger partial charge in [0.05, 0.1) is 10.4 Å². The van der Waals surface area contributed by atoms with Crippen LogP contribution in [0.4, 0.5) is 0 Å². The van der Waals surface area contributed by atoms with Gasteiger partial charge in [-0.05, 0) is 24.8 Å². The van der Waals surface area contributed by atoms with Gasteiger partial charge in [-0.1, -0.05) is 16.8 Å². The largest absolute Gasteiger partial charge is 0.356 e. The third-order valence-corrected chi connectivity index (χ3v) is 4.70. The summed E-state index contributed by atoms with van der Waals surface area (Å²) in [6, 6.07) is 5.05. The Kier molecular flexibility index (Phi) is 2.13. The van der Waals surface area contributed by atoms with Crippen molar-refractivity contribution in [2.24, 2.45) is 5.92 Å². The van der Waals surface area contributed by atoms with E-state index >= 15 is 0 Å². The molecule has 17 heavy (non-hydrogen) atoms. The van der Waals surface area contributed by atoms with Crippen molar-refractivity contribution in [3.05, 3.63) is 27.5 Å². The van der Waals surface area contributed by atoms with Gasteiger partial charge in [0, 0.05) is 23.1 Å². The van der Waals surface area contributed by atoms with E-state index in [0.717, 1.165) is 33.3 Å². The van der Waals surface area contributed by atoms with Crippen molar-refractivity contribution in [3.63, 3.8) is 0 Å². The summed E-state index contributed by atoms with van der Waals surface area (Å²) in [4.78, 5) is 0. The zero-order valence-electron chi connectivity index (χ0n) is 9.02. The highest BCUT2D eigenvalue weighted by molar-refractivity contribution is 7.14. The van der Waals surface area contributed by atoms with Gasteiger partial charge < -0.3 is 9.84 Å². The standard InChI is InChI=1S/C12H11ClN2OS/c13-12-3-7(5-17-12)11-4-10(15-16-11)9-2-6-1-8(6)14-9/h3-6,8-9,14H,1-2H2/t6-,8-,9-/m1/s1. The summed E-state index contributed by atoms with van der Waals surface area (Å²) in [5.74, 6) is 1.68. The van der Waals surface area contributed by atoms with Crippen LogP contribution in [0.1, 0.15) is 24.6 Å². The van der Waals surface area contributed by atoms with E-state index in [1.807, 2.05) is 17.5 Å². The Morgan fingerprint density at radius 3 is 3.06 bits per heavy atom. The van der Waals surface area contributed by atoms with Crippen LogP contribution < -0.4 is 5.32 Å². The van der Waals surface area contributed by atoms with Crippen LogP contribution in [0, 0.1) is 5.92 Å². The van der Waals surface area contributed by atoms with E-state index in [2.05, 4.69) is 10.5 Å². The van der Waals surface area contributed by atoms with Crippen molar-refractivity contribution in [2.75, 3.05) is 0 Å². The Labute approximate surface area is 108 Å². The first-order chi connectivity index (χ1) is 8.29. The first-order valence-corrected chi connectivity index (χ1v) is 7.02. The Morgan fingerprint density at radius 1 is 1.41 bits per heavy atom. The molecule has 2 fully saturated rings. The lowest BCUT2D eigenvalue weighted by Crippen LogP contribution is -2.17. The SMILES string of the molecule is Clc1cc(-c2cc([C@H]3C[C@H]4C[C@H]4N3)no2)cs1. The van der Waals surface area contributed by atoms with Gasteiger partial charge in [-0.3, -0.25) is 0 Å². The molecule has 5 heteroatoms. The number of aromatic nitrogens is 1. The molecular formula is C12H11ClN2OS. The second-order valence-corrected chi connectivity index (χ2v) is 6.36. The third kappa shape index (κ3) is 1.71. The Balaban J connectivity index is 1.60. The minimum Gasteiger partial charge on any atom is -0.356 e. The van der Waals surface area contributed by atoms with E-state index in [1.54, 1.807) is 0 Å². The average molecular weight is 267 g/mol. The van der Waals surface area contributed by atoms with Crippen molar-refractivity contribution >= 4 is 22.9 Å². The van der Waals surface area contributed by atoms with Crippen LogP contribution >= 0.6 is 22.9 Å². The van der Waals surface area contributed by atoms with Crippen molar-refractivity contribution in [1.82, 2.24) is 10.5 Å². The number of rotatable bonds is 2. The third-order valence-electron chi connectivity index (χ3n) is 3.61. The van der Waals surface area contributed by atoms with Crippen molar-refractivity contribution in [1.29, 1.82) is 0 Å². The van der Waals surface area contributed by atoms with Crippen LogP contribution in [0.3, 0.4) is 0 Å². The molecule has 1 aliphatic heterocycles. The molecule has 2 aromatic rings. The normalized spacial score (nSPS) is 30.5. The first kappa shape index (κ1) is 10.1. The highest BCUT2D eigenvalue weighted by atomic mass is 35.5. The van der Waals surface area contributed by atoms with Crippen LogP contribution in [0.5, 0.6) is 0 Å². The van der Waals surface area contributed by atoms with Gasteiger partial charge in [0.15, 0.2) is 5.76 Å². The lowest BCUT2D eigenvalue weighted by molar-refractivity contribution is 0.407. The second-order valence-electron chi connectivity index (χ2n) is 4.81. The fraction of sp³-hybridized carbons (Fsp3) is 0.417. The molecule has 0 spiro atoms. The van der Waals surface area contributed by atoms with Crippen LogP contribution in [0.15, 0.2) is 22.0 Å². The van der Waals surface area contributed by atoms with Gasteiger partial charge in [-0.2, -0.15) is 0 Å². The molecule has 1 aliphatic carbocycles. The molecule has 3 atom stereocenters. The summed E-state index contributed by atoms with van der Waals surface area (Å²) in [7, 11) is 0. The van der Waals surface area contributed by atoms with Crippen molar-refractivity contribution in [2.45, 2.75) is 24.9 Å². The number of hydrogen-bond acceptors (Lipinski definition) is 4. The Hall–Kier alpha value is -0.840. The Morgan fingerprint density at radius 2 is 2.35 bits per heavy atom. The molecule has 2 aliphatic rings. The van der Waals surface area contributed by atoms with E-state index in [9.17, 15) is 0 Å². The number of halogens is 1. The Bertz CT molecular complexity index is 554. The monoisotopic (exact) mass is 266 g/mol. The van der Waals surface area contributed by atoms with Gasteiger partial charge in [-0.25, -0.2) is 0 Å². The molecule has 3 heterocycles. The summed E-state index contributed by atoms with van der Waals surface area (Å²) in [5, 5.41) is 9.72. The van der Waals surface area contributed by atoms with Crippen LogP contribution in [0.2, 0.25) is 4.34 Å². The molecule has 2 aromatic heterocycles. The zero-order valence-corrected chi connectivity index (χ0v) is 10.6. The molecule has 4 rings (SSSR count). The van der Waals surface area contributed by atoms with Gasteiger partial charge >= 0.3 is 0 Å². The predicted molar refractivity (Wildman–Crippen MR) is 67.2 cm³/mol. The molecule has 1 saturated carbocycles. The molecule has 0 radical (unpaired) electrons. The maximum atomic E-state index is 5.91. The lowest BCUT2D eigenvalue weighted by atomic mass is 10.1. The van der Waals surface area contributed by atoms with Crippen LogP contribution in [0.25, 0.3) is 11.3 Å². The number of hydrogen-bond donors (Lipinski definition) is 1. The summed E-state index contributed by atoms with van der Waals surface area (Å²) in [6.07, 6.45) is 2.53. The van der Waals surface area contributed by atoms with Crippen molar-refractivity contribution in [3.8, 4) is 11.3 Å². The number of thiophene rings is 1. The van der Waals surface area contributed by atoms with E-state index in [0.29, 0.717) is 6.04 Å². The number of nitrogens with zero attached hydrogens (tertiary/aromatic N) is 1. The fourth-order valence-corrected chi connectivity index (χ4v) is 3.45. The fourth-order valence-electron chi connectivity index (χ4n) is 2.58. The van der Waals surface area contributed by atoms with Gasteiger partial charge in [0.1, 0.15) is 5.69 Å². The van der Waals surface area contributed by atoms with E-state index in [4.69, 9.17) is 16.1 Å². The van der Waals surface area contributed by atoms with Crippen LogP contribution in [-0.4, -0.2) is 11.2 Å². The molecule has 3 nitrogen and oxygen atoms in total. The van der Waals surface area contributed by atoms with E-state index in [1.165, 1.54) is 24.2 Å². The maximum Gasteiger partial charge on any atom is 0.168 e. The lowest BCUT2D eigenvalue weighted by Gasteiger charge is -2.07. The zero-order chi connectivity index (χ0) is 11.4. The summed E-state index contributed by atoms with van der Waals surface area (Å²) in [6.45, 7) is 0. The molecule has 1 N–H and O–H groups in total. The van der Waals surface area contributed by atoms with Crippen LogP contribution in [-0.2, 0) is 0 Å². The molecular weight excluding hydrogens is 256 g/mol. The molecule has 0 aromatic carbocycles. The molecule has 0 amide bonds. The second kappa shape index (κ2) is 3.57.